The molecule has 0 unspecified atom stereocenters. The summed E-state index contributed by atoms with van der Waals surface area (Å²) in [6, 6.07) is 6.11. The van der Waals surface area contributed by atoms with E-state index in [2.05, 4.69) is 5.10 Å². The Balaban J connectivity index is 2.29. The van der Waals surface area contributed by atoms with Crippen LogP contribution in [0.25, 0.3) is 0 Å². The molecule has 0 saturated carbocycles. The Morgan fingerprint density at radius 1 is 1.27 bits per heavy atom. The van der Waals surface area contributed by atoms with Gasteiger partial charge in [-0.1, -0.05) is 19.8 Å². The van der Waals surface area contributed by atoms with Gasteiger partial charge < -0.3 is 10.0 Å². The lowest BCUT2D eigenvalue weighted by Crippen LogP contribution is -2.56. The average Bonchev–Trinajstić information content (AvgIpc) is 2.92. The van der Waals surface area contributed by atoms with Gasteiger partial charge in [-0.2, -0.15) is 23.3 Å². The molecule has 8 heteroatoms. The number of benzene rings is 1. The Labute approximate surface area is 151 Å². The third-order valence-electron chi connectivity index (χ3n) is 4.39. The molecule has 1 N–H and O–H groups in total. The molecule has 144 valence electrons. The van der Waals surface area contributed by atoms with Crippen molar-refractivity contribution in [3.05, 3.63) is 29.8 Å². The summed E-state index contributed by atoms with van der Waals surface area (Å²) in [5.74, 6) is -0.972. The van der Waals surface area contributed by atoms with Gasteiger partial charge in [0, 0.05) is 37.5 Å². The van der Waals surface area contributed by atoms with Gasteiger partial charge in [0.1, 0.15) is 0 Å². The zero-order valence-corrected chi connectivity index (χ0v) is 15.2. The second kappa shape index (κ2) is 7.65. The normalized spacial score (nSPS) is 20.3. The second-order valence-electron chi connectivity index (χ2n) is 6.67. The number of rotatable bonds is 6. The molecule has 1 atom stereocenters. The SMILES string of the molecule is CCCCCC1=NN(C(=O)c2ccc(N(C)C)cc2)[C@@](O)(C(F)(F)F)C1. The van der Waals surface area contributed by atoms with E-state index in [1.54, 1.807) is 17.0 Å². The van der Waals surface area contributed by atoms with E-state index in [9.17, 15) is 23.1 Å². The lowest BCUT2D eigenvalue weighted by Gasteiger charge is -2.32. The molecule has 0 spiro atoms. The number of hydrogen-bond donors (Lipinski definition) is 1. The van der Waals surface area contributed by atoms with Crippen molar-refractivity contribution in [2.24, 2.45) is 5.10 Å². The van der Waals surface area contributed by atoms with Crippen LogP contribution in [0.5, 0.6) is 0 Å². The molecule has 0 aliphatic carbocycles. The van der Waals surface area contributed by atoms with Crippen LogP contribution in [-0.4, -0.2) is 47.7 Å². The first kappa shape index (κ1) is 20.2. The van der Waals surface area contributed by atoms with Crippen LogP contribution in [0.2, 0.25) is 0 Å². The van der Waals surface area contributed by atoms with Crippen LogP contribution in [0.1, 0.15) is 49.4 Å². The van der Waals surface area contributed by atoms with Gasteiger partial charge in [-0.05, 0) is 37.1 Å². The van der Waals surface area contributed by atoms with Crippen LogP contribution in [0.4, 0.5) is 18.9 Å². The molecule has 1 aromatic rings. The first-order valence-corrected chi connectivity index (χ1v) is 8.57. The molecule has 0 fully saturated rings. The van der Waals surface area contributed by atoms with Crippen LogP contribution in [0.15, 0.2) is 29.4 Å². The predicted molar refractivity (Wildman–Crippen MR) is 94.1 cm³/mol. The van der Waals surface area contributed by atoms with Gasteiger partial charge in [-0.25, -0.2) is 0 Å². The minimum atomic E-state index is -5.00. The highest BCUT2D eigenvalue weighted by molar-refractivity contribution is 5.98. The minimum absolute atomic E-state index is 0.0387. The fourth-order valence-electron chi connectivity index (χ4n) is 2.79. The van der Waals surface area contributed by atoms with Crippen LogP contribution >= 0.6 is 0 Å². The molecular formula is C18H24F3N3O2. The summed E-state index contributed by atoms with van der Waals surface area (Å²) >= 11 is 0. The molecule has 0 aromatic heterocycles. The highest BCUT2D eigenvalue weighted by Gasteiger charge is 2.63. The maximum atomic E-state index is 13.5. The van der Waals surface area contributed by atoms with Crippen molar-refractivity contribution in [1.82, 2.24) is 5.01 Å². The summed E-state index contributed by atoms with van der Waals surface area (Å²) in [5, 5.41) is 14.3. The first-order valence-electron chi connectivity index (χ1n) is 8.57. The molecule has 5 nitrogen and oxygen atoms in total. The molecule has 0 saturated heterocycles. The van der Waals surface area contributed by atoms with Crippen LogP contribution in [0, 0.1) is 0 Å². The van der Waals surface area contributed by atoms with E-state index in [-0.39, 0.29) is 16.3 Å². The number of amides is 1. The smallest absolute Gasteiger partial charge is 0.378 e. The Hall–Kier alpha value is -2.09. The molecule has 1 aliphatic rings. The number of hydrazone groups is 1. The number of halogens is 3. The number of carbonyl (C=O) groups is 1. The number of carbonyl (C=O) groups excluding carboxylic acids is 1. The van der Waals surface area contributed by atoms with E-state index < -0.39 is 24.2 Å². The van der Waals surface area contributed by atoms with Crippen molar-refractivity contribution in [2.45, 2.75) is 50.9 Å². The number of alkyl halides is 3. The highest BCUT2D eigenvalue weighted by Crippen LogP contribution is 2.41. The van der Waals surface area contributed by atoms with E-state index in [4.69, 9.17) is 0 Å². The maximum Gasteiger partial charge on any atom is 0.438 e. The van der Waals surface area contributed by atoms with Crippen molar-refractivity contribution in [3.8, 4) is 0 Å². The molecule has 2 rings (SSSR count). The summed E-state index contributed by atoms with van der Waals surface area (Å²) in [5.41, 5.74) is -2.27. The Morgan fingerprint density at radius 3 is 2.38 bits per heavy atom. The highest BCUT2D eigenvalue weighted by atomic mass is 19.4. The largest absolute Gasteiger partial charge is 0.438 e. The zero-order chi connectivity index (χ0) is 19.5. The number of anilines is 1. The van der Waals surface area contributed by atoms with Gasteiger partial charge in [-0.15, -0.1) is 0 Å². The number of aliphatic hydroxyl groups is 1. The Kier molecular flexibility index (Phi) is 5.95. The molecule has 26 heavy (non-hydrogen) atoms. The van der Waals surface area contributed by atoms with Crippen LogP contribution < -0.4 is 4.90 Å². The van der Waals surface area contributed by atoms with Crippen molar-refractivity contribution in [2.75, 3.05) is 19.0 Å². The lowest BCUT2D eigenvalue weighted by atomic mass is 10.0. The third-order valence-corrected chi connectivity index (χ3v) is 4.39. The van der Waals surface area contributed by atoms with Crippen molar-refractivity contribution in [1.29, 1.82) is 0 Å². The quantitative estimate of drug-likeness (QED) is 0.774. The summed E-state index contributed by atoms with van der Waals surface area (Å²) in [6.07, 6.45) is -2.94. The van der Waals surface area contributed by atoms with E-state index in [0.29, 0.717) is 12.8 Å². The van der Waals surface area contributed by atoms with Gasteiger partial charge in [0.05, 0.1) is 0 Å². The molecule has 0 bridgehead atoms. The zero-order valence-electron chi connectivity index (χ0n) is 15.2. The van der Waals surface area contributed by atoms with Crippen molar-refractivity contribution < 1.29 is 23.1 Å². The van der Waals surface area contributed by atoms with Crippen LogP contribution in [-0.2, 0) is 0 Å². The van der Waals surface area contributed by atoms with Gasteiger partial charge in [0.15, 0.2) is 0 Å². The standard InChI is InChI=1S/C18H24F3N3O2/c1-4-5-6-7-14-12-17(26,18(19,20)21)24(22-14)16(25)13-8-10-15(11-9-13)23(2)3/h8-11,26H,4-7,12H2,1-3H3/t17-/m0/s1. The van der Waals surface area contributed by atoms with Gasteiger partial charge in [0.25, 0.3) is 11.6 Å². The topological polar surface area (TPSA) is 56.1 Å². The van der Waals surface area contributed by atoms with Crippen LogP contribution in [0.3, 0.4) is 0 Å². The predicted octanol–water partition coefficient (Wildman–Crippen LogP) is 3.79. The first-order chi connectivity index (χ1) is 12.1. The minimum Gasteiger partial charge on any atom is -0.378 e. The van der Waals surface area contributed by atoms with E-state index >= 15 is 0 Å². The molecular weight excluding hydrogens is 347 g/mol. The van der Waals surface area contributed by atoms with Gasteiger partial charge >= 0.3 is 6.18 Å². The monoisotopic (exact) mass is 371 g/mol. The maximum absolute atomic E-state index is 13.5. The molecule has 1 aliphatic heterocycles. The summed E-state index contributed by atoms with van der Waals surface area (Å²) in [4.78, 5) is 14.4. The van der Waals surface area contributed by atoms with E-state index in [1.165, 1.54) is 12.1 Å². The second-order valence-corrected chi connectivity index (χ2v) is 6.67. The van der Waals surface area contributed by atoms with E-state index in [1.807, 2.05) is 21.0 Å². The number of nitrogens with zero attached hydrogens (tertiary/aromatic N) is 3. The number of hydrogen-bond acceptors (Lipinski definition) is 4. The Bertz CT molecular complexity index is 671. The average molecular weight is 371 g/mol. The Morgan fingerprint density at radius 2 is 1.88 bits per heavy atom. The summed E-state index contributed by atoms with van der Waals surface area (Å²) in [6.45, 7) is 1.98. The summed E-state index contributed by atoms with van der Waals surface area (Å²) in [7, 11) is 3.62. The van der Waals surface area contributed by atoms with Gasteiger partial charge in [0.2, 0.25) is 0 Å². The van der Waals surface area contributed by atoms with Crippen molar-refractivity contribution in [3.63, 3.8) is 0 Å². The summed E-state index contributed by atoms with van der Waals surface area (Å²) < 4.78 is 40.4. The molecule has 1 aromatic carbocycles. The molecule has 1 amide bonds. The lowest BCUT2D eigenvalue weighted by molar-refractivity contribution is -0.297. The van der Waals surface area contributed by atoms with Crippen molar-refractivity contribution >= 4 is 17.3 Å². The van der Waals surface area contributed by atoms with Gasteiger partial charge in [-0.3, -0.25) is 4.79 Å². The fraction of sp³-hybridized carbons (Fsp3) is 0.556. The fourth-order valence-corrected chi connectivity index (χ4v) is 2.79. The van der Waals surface area contributed by atoms with E-state index in [0.717, 1.165) is 18.5 Å². The molecule has 0 radical (unpaired) electrons. The third kappa shape index (κ3) is 4.00. The molecule has 1 heterocycles. The number of unbranched alkanes of at least 4 members (excludes halogenated alkanes) is 2.